The Balaban J connectivity index is 2.01. The molecule has 0 aromatic heterocycles. The Labute approximate surface area is 195 Å². The fraction of sp³-hybridized carbons (Fsp3) is 0.240. The third-order valence-corrected chi connectivity index (χ3v) is 6.84. The second-order valence-corrected chi connectivity index (χ2v) is 9.65. The molecule has 0 spiro atoms. The first-order chi connectivity index (χ1) is 15.6. The lowest BCUT2D eigenvalue weighted by atomic mass is 10.1. The van der Waals surface area contributed by atoms with Gasteiger partial charge in [-0.05, 0) is 68.3 Å². The summed E-state index contributed by atoms with van der Waals surface area (Å²) in [4.78, 5) is 13.0. The van der Waals surface area contributed by atoms with Gasteiger partial charge in [-0.2, -0.15) is 0 Å². The van der Waals surface area contributed by atoms with Gasteiger partial charge in [0.1, 0.15) is 6.54 Å². The minimum atomic E-state index is -4.04. The van der Waals surface area contributed by atoms with Crippen LogP contribution in [0.5, 0.6) is 11.5 Å². The van der Waals surface area contributed by atoms with Crippen LogP contribution in [-0.2, 0) is 14.8 Å². The van der Waals surface area contributed by atoms with E-state index in [-0.39, 0.29) is 10.6 Å². The number of benzene rings is 3. The highest BCUT2D eigenvalue weighted by Gasteiger charge is 2.28. The first-order valence-corrected chi connectivity index (χ1v) is 11.8. The number of nitrogens with zero attached hydrogens (tertiary/aromatic N) is 1. The minimum absolute atomic E-state index is 0.0853. The maximum atomic E-state index is 13.6. The zero-order valence-electron chi connectivity index (χ0n) is 19.4. The molecule has 1 N–H and O–H groups in total. The van der Waals surface area contributed by atoms with E-state index in [1.807, 2.05) is 39.0 Å². The van der Waals surface area contributed by atoms with Crippen molar-refractivity contribution in [1.29, 1.82) is 0 Å². The van der Waals surface area contributed by atoms with Crippen molar-refractivity contribution in [2.75, 3.05) is 30.4 Å². The molecule has 0 saturated heterocycles. The van der Waals surface area contributed by atoms with Crippen molar-refractivity contribution >= 4 is 27.3 Å². The van der Waals surface area contributed by atoms with Crippen LogP contribution in [0.25, 0.3) is 0 Å². The van der Waals surface area contributed by atoms with E-state index in [4.69, 9.17) is 9.47 Å². The number of ether oxygens (including phenoxy) is 2. The molecule has 7 nitrogen and oxygen atoms in total. The smallest absolute Gasteiger partial charge is 0.264 e. The predicted octanol–water partition coefficient (Wildman–Crippen LogP) is 4.46. The number of sulfonamides is 1. The number of amides is 1. The molecule has 1 amide bonds. The Hall–Kier alpha value is -3.52. The number of hydrogen-bond donors (Lipinski definition) is 1. The fourth-order valence-electron chi connectivity index (χ4n) is 3.51. The third-order valence-electron chi connectivity index (χ3n) is 5.06. The second-order valence-electron chi connectivity index (χ2n) is 7.79. The van der Waals surface area contributed by atoms with Crippen LogP contribution in [0.2, 0.25) is 0 Å². The van der Waals surface area contributed by atoms with Gasteiger partial charge in [0.25, 0.3) is 10.0 Å². The number of hydrogen-bond acceptors (Lipinski definition) is 5. The van der Waals surface area contributed by atoms with Gasteiger partial charge in [0.15, 0.2) is 11.5 Å². The van der Waals surface area contributed by atoms with Gasteiger partial charge in [-0.15, -0.1) is 0 Å². The molecule has 8 heteroatoms. The zero-order chi connectivity index (χ0) is 24.2. The van der Waals surface area contributed by atoms with Crippen LogP contribution >= 0.6 is 0 Å². The van der Waals surface area contributed by atoms with Gasteiger partial charge in [-0.1, -0.05) is 23.8 Å². The van der Waals surface area contributed by atoms with E-state index in [1.165, 1.54) is 32.4 Å². The number of aryl methyl sites for hydroxylation is 3. The summed E-state index contributed by atoms with van der Waals surface area (Å²) >= 11 is 0. The molecule has 0 fully saturated rings. The van der Waals surface area contributed by atoms with Gasteiger partial charge < -0.3 is 14.8 Å². The third kappa shape index (κ3) is 5.64. The van der Waals surface area contributed by atoms with Crippen molar-refractivity contribution < 1.29 is 22.7 Å². The van der Waals surface area contributed by atoms with Crippen LogP contribution < -0.4 is 19.1 Å². The van der Waals surface area contributed by atoms with E-state index in [0.29, 0.717) is 17.2 Å². The molecule has 174 valence electrons. The topological polar surface area (TPSA) is 84.9 Å². The number of carbonyl (C=O) groups excluding carboxylic acids is 1. The molecule has 0 unspecified atom stereocenters. The van der Waals surface area contributed by atoms with Gasteiger partial charge in [0.2, 0.25) is 5.91 Å². The van der Waals surface area contributed by atoms with Crippen molar-refractivity contribution in [3.8, 4) is 11.5 Å². The SMILES string of the molecule is COc1ccc(N(CC(=O)Nc2cc(C)cc(C)c2)S(=O)(=O)c2ccc(C)cc2)cc1OC. The number of nitrogens with one attached hydrogen (secondary N) is 1. The average molecular weight is 469 g/mol. The molecule has 0 atom stereocenters. The maximum absolute atomic E-state index is 13.6. The summed E-state index contributed by atoms with van der Waals surface area (Å²) < 4.78 is 38.8. The average Bonchev–Trinajstić information content (AvgIpc) is 2.76. The Morgan fingerprint density at radius 3 is 2.00 bits per heavy atom. The molecule has 0 saturated carbocycles. The Morgan fingerprint density at radius 2 is 1.42 bits per heavy atom. The van der Waals surface area contributed by atoms with E-state index >= 15 is 0 Å². The summed E-state index contributed by atoms with van der Waals surface area (Å²) in [7, 11) is -1.08. The molecule has 0 aliphatic heterocycles. The van der Waals surface area contributed by atoms with Crippen LogP contribution in [-0.4, -0.2) is 35.1 Å². The van der Waals surface area contributed by atoms with Crippen LogP contribution in [0.4, 0.5) is 11.4 Å². The number of rotatable bonds is 8. The first kappa shape index (κ1) is 24.1. The minimum Gasteiger partial charge on any atom is -0.493 e. The van der Waals surface area contributed by atoms with Gasteiger partial charge in [0.05, 0.1) is 24.8 Å². The van der Waals surface area contributed by atoms with Gasteiger partial charge in [0, 0.05) is 11.8 Å². The van der Waals surface area contributed by atoms with Crippen LogP contribution in [0.3, 0.4) is 0 Å². The van der Waals surface area contributed by atoms with Crippen molar-refractivity contribution in [3.63, 3.8) is 0 Å². The van der Waals surface area contributed by atoms with E-state index in [9.17, 15) is 13.2 Å². The lowest BCUT2D eigenvalue weighted by molar-refractivity contribution is -0.114. The molecule has 0 radical (unpaired) electrons. The number of anilines is 2. The molecule has 0 aliphatic rings. The first-order valence-electron chi connectivity index (χ1n) is 10.3. The normalized spacial score (nSPS) is 11.1. The summed E-state index contributed by atoms with van der Waals surface area (Å²) in [5.74, 6) is 0.341. The highest BCUT2D eigenvalue weighted by molar-refractivity contribution is 7.92. The quantitative estimate of drug-likeness (QED) is 0.528. The summed E-state index contributed by atoms with van der Waals surface area (Å²) in [6.45, 7) is 5.32. The summed E-state index contributed by atoms with van der Waals surface area (Å²) in [5.41, 5.74) is 3.81. The maximum Gasteiger partial charge on any atom is 0.264 e. The van der Waals surface area contributed by atoms with Gasteiger partial charge >= 0.3 is 0 Å². The number of carbonyl (C=O) groups is 1. The number of methoxy groups -OCH3 is 2. The van der Waals surface area contributed by atoms with Crippen LogP contribution in [0.15, 0.2) is 65.6 Å². The Bertz CT molecular complexity index is 1230. The predicted molar refractivity (Wildman–Crippen MR) is 130 cm³/mol. The van der Waals surface area contributed by atoms with E-state index in [1.54, 1.807) is 24.3 Å². The molecular weight excluding hydrogens is 440 g/mol. The highest BCUT2D eigenvalue weighted by atomic mass is 32.2. The van der Waals surface area contributed by atoms with Crippen LogP contribution in [0, 0.1) is 20.8 Å². The monoisotopic (exact) mass is 468 g/mol. The Kier molecular flexibility index (Phi) is 7.28. The molecule has 3 rings (SSSR count). The van der Waals surface area contributed by atoms with Gasteiger partial charge in [-0.25, -0.2) is 8.42 Å². The molecule has 0 aliphatic carbocycles. The molecular formula is C25H28N2O5S. The molecule has 33 heavy (non-hydrogen) atoms. The molecule has 0 heterocycles. The van der Waals surface area contributed by atoms with E-state index in [2.05, 4.69) is 5.32 Å². The second kappa shape index (κ2) is 9.95. The fourth-order valence-corrected chi connectivity index (χ4v) is 4.92. The van der Waals surface area contributed by atoms with Crippen molar-refractivity contribution in [2.45, 2.75) is 25.7 Å². The molecule has 3 aromatic rings. The van der Waals surface area contributed by atoms with E-state index in [0.717, 1.165) is 21.0 Å². The Morgan fingerprint density at radius 1 is 0.818 bits per heavy atom. The summed E-state index contributed by atoms with van der Waals surface area (Å²) in [5, 5.41) is 2.81. The van der Waals surface area contributed by atoms with Crippen molar-refractivity contribution in [3.05, 3.63) is 77.4 Å². The zero-order valence-corrected chi connectivity index (χ0v) is 20.2. The lowest BCUT2D eigenvalue weighted by Crippen LogP contribution is -2.38. The van der Waals surface area contributed by atoms with Crippen molar-refractivity contribution in [2.24, 2.45) is 0 Å². The highest BCUT2D eigenvalue weighted by Crippen LogP contribution is 2.34. The van der Waals surface area contributed by atoms with Gasteiger partial charge in [-0.3, -0.25) is 9.10 Å². The van der Waals surface area contributed by atoms with Crippen LogP contribution in [0.1, 0.15) is 16.7 Å². The largest absolute Gasteiger partial charge is 0.493 e. The standard InChI is InChI=1S/C25H28N2O5S/c1-17-6-9-22(10-7-17)33(29,30)27(21-8-11-23(31-4)24(15-21)32-5)16-25(28)26-20-13-18(2)12-19(3)14-20/h6-15H,16H2,1-5H3,(H,26,28). The van der Waals surface area contributed by atoms with Crippen molar-refractivity contribution in [1.82, 2.24) is 0 Å². The summed E-state index contributed by atoms with van der Waals surface area (Å²) in [6, 6.07) is 16.9. The lowest BCUT2D eigenvalue weighted by Gasteiger charge is -2.25. The molecule has 0 bridgehead atoms. The summed E-state index contributed by atoms with van der Waals surface area (Å²) in [6.07, 6.45) is 0. The van der Waals surface area contributed by atoms with E-state index < -0.39 is 22.5 Å². The molecule has 3 aromatic carbocycles.